The minimum absolute atomic E-state index is 0.808. The minimum atomic E-state index is 0.808. The highest BCUT2D eigenvalue weighted by Gasteiger charge is 2.20. The van der Waals surface area contributed by atoms with Crippen LogP contribution in [0.25, 0.3) is 120 Å². The highest BCUT2D eigenvalue weighted by Crippen LogP contribution is 2.46. The van der Waals surface area contributed by atoms with Crippen LogP contribution >= 0.6 is 11.3 Å². The molecule has 0 atom stereocenters. The van der Waals surface area contributed by atoms with E-state index in [-0.39, 0.29) is 0 Å². The van der Waals surface area contributed by atoms with Gasteiger partial charge in [-0.2, -0.15) is 0 Å². The number of nitrogens with zero attached hydrogens (tertiary/aromatic N) is 4. The monoisotopic (exact) mass is 794 g/mol. The maximum Gasteiger partial charge on any atom is 0.0900 e. The SMILES string of the molecule is c1ccc(-c2cc(-c3ccc(-c4cccc(-c5nc6c(-c7cc8ccccc8c8ccccc78)cccc6c6c5sc5ccccc56)c4)cc3)cc(-c3ccccn3)n2)nc1. The molecule has 0 N–H and O–H groups in total. The first-order chi connectivity index (χ1) is 30.2. The Hall–Kier alpha value is -7.86. The molecule has 0 unspecified atom stereocenters. The first-order valence-corrected chi connectivity index (χ1v) is 21.3. The number of benzene rings is 7. The van der Waals surface area contributed by atoms with Crippen LogP contribution in [0.1, 0.15) is 0 Å². The fourth-order valence-electron chi connectivity index (χ4n) is 8.89. The summed E-state index contributed by atoms with van der Waals surface area (Å²) in [6.45, 7) is 0. The van der Waals surface area contributed by atoms with Gasteiger partial charge in [0.25, 0.3) is 0 Å². The van der Waals surface area contributed by atoms with E-state index >= 15 is 0 Å². The fourth-order valence-corrected chi connectivity index (χ4v) is 10.1. The van der Waals surface area contributed by atoms with Crippen LogP contribution in [-0.4, -0.2) is 19.9 Å². The summed E-state index contributed by atoms with van der Waals surface area (Å²) in [5, 5.41) is 8.65. The molecule has 0 fully saturated rings. The fraction of sp³-hybridized carbons (Fsp3) is 0. The average Bonchev–Trinajstić information content (AvgIpc) is 3.74. The van der Waals surface area contributed by atoms with Gasteiger partial charge >= 0.3 is 0 Å². The maximum atomic E-state index is 5.68. The summed E-state index contributed by atoms with van der Waals surface area (Å²) in [5.74, 6) is 0. The van der Waals surface area contributed by atoms with Crippen LogP contribution in [0.4, 0.5) is 0 Å². The second-order valence-corrected chi connectivity index (χ2v) is 16.4. The molecule has 4 nitrogen and oxygen atoms in total. The van der Waals surface area contributed by atoms with Crippen LogP contribution in [0.2, 0.25) is 0 Å². The number of hydrogen-bond donors (Lipinski definition) is 0. The highest BCUT2D eigenvalue weighted by atomic mass is 32.1. The first kappa shape index (κ1) is 35.1. The molecule has 284 valence electrons. The Bertz CT molecular complexity index is 3580. The highest BCUT2D eigenvalue weighted by molar-refractivity contribution is 7.26. The Morgan fingerprint density at radius 2 is 0.951 bits per heavy atom. The van der Waals surface area contributed by atoms with Crippen LogP contribution in [-0.2, 0) is 0 Å². The van der Waals surface area contributed by atoms with Crippen LogP contribution in [0, 0.1) is 0 Å². The molecule has 61 heavy (non-hydrogen) atoms. The topological polar surface area (TPSA) is 51.6 Å². The van der Waals surface area contributed by atoms with Crippen molar-refractivity contribution < 1.29 is 0 Å². The summed E-state index contributed by atoms with van der Waals surface area (Å²) in [4.78, 5) is 19.9. The molecular weight excluding hydrogens is 761 g/mol. The van der Waals surface area contributed by atoms with Gasteiger partial charge < -0.3 is 0 Å². The predicted molar refractivity (Wildman–Crippen MR) is 256 cm³/mol. The van der Waals surface area contributed by atoms with Crippen molar-refractivity contribution in [1.29, 1.82) is 0 Å². The van der Waals surface area contributed by atoms with Gasteiger partial charge in [-0.25, -0.2) is 9.97 Å². The number of pyridine rings is 4. The van der Waals surface area contributed by atoms with Crippen molar-refractivity contribution in [3.05, 3.63) is 207 Å². The van der Waals surface area contributed by atoms with Gasteiger partial charge in [-0.1, -0.05) is 140 Å². The molecule has 0 spiro atoms. The van der Waals surface area contributed by atoms with Crippen LogP contribution in [0.15, 0.2) is 207 Å². The van der Waals surface area contributed by atoms with E-state index < -0.39 is 0 Å². The molecule has 0 aliphatic heterocycles. The summed E-state index contributed by atoms with van der Waals surface area (Å²) in [6, 6.07) is 69.0. The molecule has 0 saturated heterocycles. The summed E-state index contributed by atoms with van der Waals surface area (Å²) in [7, 11) is 0. The van der Waals surface area contributed by atoms with Crippen LogP contribution < -0.4 is 0 Å². The third-order valence-corrected chi connectivity index (χ3v) is 12.9. The number of thiophene rings is 1. The van der Waals surface area contributed by atoms with E-state index in [1.165, 1.54) is 52.7 Å². The zero-order valence-corrected chi connectivity index (χ0v) is 33.6. The van der Waals surface area contributed by atoms with E-state index in [9.17, 15) is 0 Å². The Kier molecular flexibility index (Phi) is 8.32. The van der Waals surface area contributed by atoms with Crippen LogP contribution in [0.5, 0.6) is 0 Å². The molecular formula is C56H34N4S. The Labute approximate surface area is 356 Å². The van der Waals surface area contributed by atoms with Crippen molar-refractivity contribution in [3.63, 3.8) is 0 Å². The Morgan fingerprint density at radius 3 is 1.69 bits per heavy atom. The number of hydrogen-bond acceptors (Lipinski definition) is 5. The zero-order chi connectivity index (χ0) is 40.3. The number of para-hydroxylation sites is 1. The van der Waals surface area contributed by atoms with Crippen molar-refractivity contribution >= 4 is 64.0 Å². The van der Waals surface area contributed by atoms with Gasteiger partial charge in [-0.3, -0.25) is 9.97 Å². The van der Waals surface area contributed by atoms with Crippen molar-refractivity contribution in [2.75, 3.05) is 0 Å². The van der Waals surface area contributed by atoms with Gasteiger partial charge in [0.15, 0.2) is 0 Å². The number of fused-ring (bicyclic) bond motifs is 8. The molecule has 7 aromatic carbocycles. The van der Waals surface area contributed by atoms with E-state index in [1.807, 2.05) is 47.7 Å². The molecule has 0 bridgehead atoms. The normalized spacial score (nSPS) is 11.6. The van der Waals surface area contributed by atoms with Gasteiger partial charge in [0.1, 0.15) is 0 Å². The molecule has 12 rings (SSSR count). The van der Waals surface area contributed by atoms with Gasteiger partial charge in [0.2, 0.25) is 0 Å². The maximum absolute atomic E-state index is 5.68. The van der Waals surface area contributed by atoms with Crippen LogP contribution in [0.3, 0.4) is 0 Å². The molecule has 0 aliphatic carbocycles. The van der Waals surface area contributed by atoms with E-state index in [1.54, 1.807) is 12.4 Å². The summed E-state index contributed by atoms with van der Waals surface area (Å²) in [5.41, 5.74) is 13.1. The van der Waals surface area contributed by atoms with Gasteiger partial charge in [-0.15, -0.1) is 11.3 Å². The lowest BCUT2D eigenvalue weighted by Gasteiger charge is -2.15. The lowest BCUT2D eigenvalue weighted by Crippen LogP contribution is -1.94. The quantitative estimate of drug-likeness (QED) is 0.157. The molecule has 0 saturated carbocycles. The van der Waals surface area contributed by atoms with Crippen molar-refractivity contribution in [2.24, 2.45) is 0 Å². The smallest absolute Gasteiger partial charge is 0.0900 e. The third kappa shape index (κ3) is 6.05. The molecule has 0 aliphatic rings. The van der Waals surface area contributed by atoms with E-state index in [0.29, 0.717) is 0 Å². The van der Waals surface area contributed by atoms with Crippen molar-refractivity contribution in [3.8, 4) is 67.4 Å². The zero-order valence-electron chi connectivity index (χ0n) is 32.8. The molecule has 12 aromatic rings. The molecule has 5 aromatic heterocycles. The van der Waals surface area contributed by atoms with Gasteiger partial charge in [0, 0.05) is 44.4 Å². The van der Waals surface area contributed by atoms with Gasteiger partial charge in [0.05, 0.1) is 38.7 Å². The van der Waals surface area contributed by atoms with Crippen molar-refractivity contribution in [1.82, 2.24) is 19.9 Å². The molecule has 0 radical (unpaired) electrons. The largest absolute Gasteiger partial charge is 0.255 e. The summed E-state index contributed by atoms with van der Waals surface area (Å²) < 4.78 is 2.46. The standard InChI is InChI=1S/C56H34N4S/c1-2-16-41-38(13-1)32-47(43-18-4-3-17-42(41)43)44-20-12-21-46-53-45-19-5-6-24-52(45)61-56(53)54(60-55(44)46)39-15-11-14-37(31-39)35-25-27-36(28-26-35)40-33-50(48-22-7-9-29-57-48)59-51(34-40)49-23-8-10-30-58-49/h1-34H. The van der Waals surface area contributed by atoms with E-state index in [0.717, 1.165) is 67.4 Å². The summed E-state index contributed by atoms with van der Waals surface area (Å²) >= 11 is 1.83. The number of aromatic nitrogens is 4. The second kappa shape index (κ2) is 14.5. The van der Waals surface area contributed by atoms with E-state index in [4.69, 9.17) is 9.97 Å². The molecule has 5 heteroatoms. The number of rotatable bonds is 6. The summed E-state index contributed by atoms with van der Waals surface area (Å²) in [6.07, 6.45) is 3.61. The first-order valence-electron chi connectivity index (χ1n) is 20.4. The molecule has 0 amide bonds. The molecule has 5 heterocycles. The lowest BCUT2D eigenvalue weighted by atomic mass is 9.91. The lowest BCUT2D eigenvalue weighted by molar-refractivity contribution is 1.22. The van der Waals surface area contributed by atoms with Gasteiger partial charge in [-0.05, 0) is 104 Å². The van der Waals surface area contributed by atoms with Crippen molar-refractivity contribution in [2.45, 2.75) is 0 Å². The average molecular weight is 795 g/mol. The second-order valence-electron chi connectivity index (χ2n) is 15.4. The Morgan fingerprint density at radius 1 is 0.344 bits per heavy atom. The third-order valence-electron chi connectivity index (χ3n) is 11.8. The minimum Gasteiger partial charge on any atom is -0.255 e. The van der Waals surface area contributed by atoms with E-state index in [2.05, 4.69) is 168 Å². The Balaban J connectivity index is 1.00. The predicted octanol–water partition coefficient (Wildman–Crippen LogP) is 15.1.